The number of hydrogen-bond donors (Lipinski definition) is 3. The topological polar surface area (TPSA) is 136 Å². The molecule has 9 heteroatoms. The highest BCUT2D eigenvalue weighted by molar-refractivity contribution is 5.71. The lowest BCUT2D eigenvalue weighted by molar-refractivity contribution is -0.152. The lowest BCUT2D eigenvalue weighted by Crippen LogP contribution is -2.14. The van der Waals surface area contributed by atoms with E-state index in [9.17, 15) is 9.59 Å². The summed E-state index contributed by atoms with van der Waals surface area (Å²) < 4.78 is 6.28. The standard InChI is InChI=1S/C13H15N5O4/c14-13-16-11-10(12(21)17-13)15-5-18(11)8-2-1-7(3-8)4-9(20)22-6-19/h1-2,5,7-8,19H,3-4,6H2,(H3,14,16,17,21)/t7-,8+/m1/s1. The van der Waals surface area contributed by atoms with Gasteiger partial charge in [-0.05, 0) is 12.3 Å². The largest absolute Gasteiger partial charge is 0.439 e. The molecule has 2 heterocycles. The van der Waals surface area contributed by atoms with E-state index < -0.39 is 12.8 Å². The first-order valence-electron chi connectivity index (χ1n) is 6.75. The van der Waals surface area contributed by atoms with Crippen molar-refractivity contribution < 1.29 is 14.6 Å². The Kier molecular flexibility index (Phi) is 3.63. The number of nitrogens with one attached hydrogen (secondary N) is 1. The number of nitrogen functional groups attached to an aromatic ring is 1. The van der Waals surface area contributed by atoms with Crippen molar-refractivity contribution in [1.82, 2.24) is 19.5 Å². The number of imidazole rings is 1. The molecule has 0 saturated carbocycles. The summed E-state index contributed by atoms with van der Waals surface area (Å²) in [7, 11) is 0. The number of aliphatic hydroxyl groups is 1. The van der Waals surface area contributed by atoms with Gasteiger partial charge in [0.1, 0.15) is 0 Å². The first-order valence-corrected chi connectivity index (χ1v) is 6.75. The molecular weight excluding hydrogens is 290 g/mol. The third kappa shape index (κ3) is 2.58. The Morgan fingerprint density at radius 2 is 2.36 bits per heavy atom. The van der Waals surface area contributed by atoms with E-state index in [1.165, 1.54) is 6.33 Å². The van der Waals surface area contributed by atoms with Crippen LogP contribution in [0.4, 0.5) is 5.95 Å². The Morgan fingerprint density at radius 3 is 3.14 bits per heavy atom. The highest BCUT2D eigenvalue weighted by Gasteiger charge is 2.25. The molecule has 2 atom stereocenters. The predicted molar refractivity (Wildman–Crippen MR) is 76.6 cm³/mol. The fraction of sp³-hybridized carbons (Fsp3) is 0.385. The number of esters is 1. The zero-order chi connectivity index (χ0) is 15.7. The summed E-state index contributed by atoms with van der Waals surface area (Å²) >= 11 is 0. The van der Waals surface area contributed by atoms with Crippen LogP contribution in [0.1, 0.15) is 18.9 Å². The quantitative estimate of drug-likeness (QED) is 0.401. The van der Waals surface area contributed by atoms with Crippen molar-refractivity contribution in [2.75, 3.05) is 12.5 Å². The molecule has 0 unspecified atom stereocenters. The van der Waals surface area contributed by atoms with Gasteiger partial charge < -0.3 is 20.1 Å². The summed E-state index contributed by atoms with van der Waals surface area (Å²) in [5, 5.41) is 8.56. The Morgan fingerprint density at radius 1 is 1.55 bits per heavy atom. The number of nitrogens with two attached hydrogens (primary N) is 1. The van der Waals surface area contributed by atoms with Gasteiger partial charge >= 0.3 is 5.97 Å². The third-order valence-electron chi connectivity index (χ3n) is 3.61. The van der Waals surface area contributed by atoms with Crippen LogP contribution in [-0.2, 0) is 9.53 Å². The normalized spacial score (nSPS) is 20.6. The van der Waals surface area contributed by atoms with Gasteiger partial charge in [0.15, 0.2) is 18.0 Å². The highest BCUT2D eigenvalue weighted by atomic mass is 16.6. The van der Waals surface area contributed by atoms with Crippen LogP contribution in [0, 0.1) is 5.92 Å². The third-order valence-corrected chi connectivity index (χ3v) is 3.61. The van der Waals surface area contributed by atoms with Crippen LogP contribution in [-0.4, -0.2) is 37.4 Å². The summed E-state index contributed by atoms with van der Waals surface area (Å²) in [4.78, 5) is 33.7. The van der Waals surface area contributed by atoms with Crippen LogP contribution in [0.3, 0.4) is 0 Å². The molecule has 116 valence electrons. The maximum Gasteiger partial charge on any atom is 0.308 e. The Bertz CT molecular complexity index is 793. The average Bonchev–Trinajstić information content (AvgIpc) is 3.05. The number of carbonyl (C=O) groups excluding carboxylic acids is 1. The summed E-state index contributed by atoms with van der Waals surface area (Å²) in [6.45, 7) is -0.614. The lowest BCUT2D eigenvalue weighted by atomic mass is 10.0. The van der Waals surface area contributed by atoms with Crippen molar-refractivity contribution in [3.05, 3.63) is 28.8 Å². The van der Waals surface area contributed by atoms with E-state index in [-0.39, 0.29) is 35.4 Å². The SMILES string of the molecule is Nc1nc2c(ncn2[C@H]2C=C[C@@H](CC(=O)OCO)C2)c(=O)[nH]1. The van der Waals surface area contributed by atoms with Gasteiger partial charge in [-0.3, -0.25) is 14.6 Å². The molecule has 4 N–H and O–H groups in total. The van der Waals surface area contributed by atoms with Crippen LogP contribution < -0.4 is 11.3 Å². The van der Waals surface area contributed by atoms with E-state index in [2.05, 4.69) is 19.7 Å². The maximum atomic E-state index is 11.8. The van der Waals surface area contributed by atoms with Crippen molar-refractivity contribution in [1.29, 1.82) is 0 Å². The van der Waals surface area contributed by atoms with E-state index >= 15 is 0 Å². The smallest absolute Gasteiger partial charge is 0.308 e. The molecule has 0 aliphatic heterocycles. The van der Waals surface area contributed by atoms with Crippen LogP contribution in [0.2, 0.25) is 0 Å². The van der Waals surface area contributed by atoms with E-state index in [1.54, 1.807) is 4.57 Å². The number of rotatable bonds is 4. The lowest BCUT2D eigenvalue weighted by Gasteiger charge is -2.13. The van der Waals surface area contributed by atoms with Crippen LogP contribution in [0.15, 0.2) is 23.3 Å². The summed E-state index contributed by atoms with van der Waals surface area (Å²) in [5.41, 5.74) is 5.82. The second-order valence-corrected chi connectivity index (χ2v) is 5.07. The molecule has 0 aromatic carbocycles. The number of ether oxygens (including phenoxy) is 1. The van der Waals surface area contributed by atoms with Gasteiger partial charge in [0.25, 0.3) is 5.56 Å². The number of aliphatic hydroxyl groups excluding tert-OH is 1. The summed E-state index contributed by atoms with van der Waals surface area (Å²) in [6.07, 6.45) is 6.22. The number of allylic oxidation sites excluding steroid dienone is 2. The van der Waals surface area contributed by atoms with E-state index in [4.69, 9.17) is 10.8 Å². The van der Waals surface area contributed by atoms with E-state index in [0.717, 1.165) is 0 Å². The Balaban J connectivity index is 1.81. The van der Waals surface area contributed by atoms with Crippen LogP contribution >= 0.6 is 0 Å². The van der Waals surface area contributed by atoms with Crippen molar-refractivity contribution >= 4 is 23.1 Å². The zero-order valence-electron chi connectivity index (χ0n) is 11.6. The van der Waals surface area contributed by atoms with Gasteiger partial charge in [0.2, 0.25) is 5.95 Å². The number of nitrogens with zero attached hydrogens (tertiary/aromatic N) is 3. The maximum absolute atomic E-state index is 11.8. The molecule has 22 heavy (non-hydrogen) atoms. The number of H-pyrrole nitrogens is 1. The molecule has 1 aliphatic rings. The molecule has 0 radical (unpaired) electrons. The minimum absolute atomic E-state index is 0.000781. The molecule has 3 rings (SSSR count). The monoisotopic (exact) mass is 305 g/mol. The molecule has 0 amide bonds. The van der Waals surface area contributed by atoms with Crippen molar-refractivity contribution in [2.24, 2.45) is 5.92 Å². The Hall–Kier alpha value is -2.68. The second kappa shape index (κ2) is 5.60. The van der Waals surface area contributed by atoms with Crippen LogP contribution in [0.5, 0.6) is 0 Å². The van der Waals surface area contributed by atoms with Crippen molar-refractivity contribution in [3.8, 4) is 0 Å². The molecule has 2 aromatic heterocycles. The number of aromatic nitrogens is 4. The molecule has 0 spiro atoms. The fourth-order valence-electron chi connectivity index (χ4n) is 2.64. The predicted octanol–water partition coefficient (Wildman–Crippen LogP) is -0.298. The number of fused-ring (bicyclic) bond motifs is 1. The summed E-state index contributed by atoms with van der Waals surface area (Å²) in [6, 6.07) is -0.0642. The average molecular weight is 305 g/mol. The minimum Gasteiger partial charge on any atom is -0.439 e. The molecule has 2 aromatic rings. The molecule has 0 saturated heterocycles. The first kappa shape index (κ1) is 14.3. The van der Waals surface area contributed by atoms with Gasteiger partial charge in [0, 0.05) is 0 Å². The Labute approximate surface area is 124 Å². The van der Waals surface area contributed by atoms with Crippen molar-refractivity contribution in [3.63, 3.8) is 0 Å². The zero-order valence-corrected chi connectivity index (χ0v) is 11.6. The van der Waals surface area contributed by atoms with Crippen LogP contribution in [0.25, 0.3) is 11.2 Å². The van der Waals surface area contributed by atoms with Gasteiger partial charge in [-0.1, -0.05) is 12.2 Å². The molecule has 0 fully saturated rings. The van der Waals surface area contributed by atoms with E-state index in [1.807, 2.05) is 12.2 Å². The fourth-order valence-corrected chi connectivity index (χ4v) is 2.64. The number of anilines is 1. The molecule has 1 aliphatic carbocycles. The number of carbonyl (C=O) groups is 1. The highest BCUT2D eigenvalue weighted by Crippen LogP contribution is 2.31. The van der Waals surface area contributed by atoms with Gasteiger partial charge in [0.05, 0.1) is 18.8 Å². The summed E-state index contributed by atoms with van der Waals surface area (Å²) in [5.74, 6) is -0.419. The molecule has 0 bridgehead atoms. The molecular formula is C13H15N5O4. The van der Waals surface area contributed by atoms with Crippen molar-refractivity contribution in [2.45, 2.75) is 18.9 Å². The number of aromatic amines is 1. The number of hydrogen-bond acceptors (Lipinski definition) is 7. The van der Waals surface area contributed by atoms with E-state index in [0.29, 0.717) is 12.1 Å². The van der Waals surface area contributed by atoms with Gasteiger partial charge in [-0.2, -0.15) is 4.98 Å². The van der Waals surface area contributed by atoms with Gasteiger partial charge in [-0.15, -0.1) is 0 Å². The molecule has 9 nitrogen and oxygen atoms in total. The minimum atomic E-state index is -0.614. The van der Waals surface area contributed by atoms with Gasteiger partial charge in [-0.25, -0.2) is 4.98 Å². The second-order valence-electron chi connectivity index (χ2n) is 5.07. The first-order chi connectivity index (χ1) is 10.6.